The van der Waals surface area contributed by atoms with Gasteiger partial charge in [-0.15, -0.1) is 5.10 Å². The van der Waals surface area contributed by atoms with Crippen molar-refractivity contribution in [3.05, 3.63) is 82.1 Å². The number of aromatic nitrogens is 3. The second-order valence-corrected chi connectivity index (χ2v) is 6.72. The van der Waals surface area contributed by atoms with Gasteiger partial charge in [-0.1, -0.05) is 41.1 Å². The van der Waals surface area contributed by atoms with Crippen LogP contribution in [-0.2, 0) is 19.3 Å². The lowest BCUT2D eigenvalue weighted by Gasteiger charge is -2.16. The van der Waals surface area contributed by atoms with E-state index < -0.39 is 17.6 Å². The molecule has 1 heterocycles. The van der Waals surface area contributed by atoms with E-state index in [0.717, 1.165) is 17.7 Å². The molecule has 5 nitrogen and oxygen atoms in total. The van der Waals surface area contributed by atoms with Gasteiger partial charge in [0.2, 0.25) is 0 Å². The first-order valence-electron chi connectivity index (χ1n) is 8.28. The minimum atomic E-state index is -4.43. The van der Waals surface area contributed by atoms with Gasteiger partial charge in [-0.3, -0.25) is 4.79 Å². The fourth-order valence-corrected chi connectivity index (χ4v) is 2.76. The molecule has 28 heavy (non-hydrogen) atoms. The van der Waals surface area contributed by atoms with E-state index in [1.165, 1.54) is 35.0 Å². The summed E-state index contributed by atoms with van der Waals surface area (Å²) in [5.41, 5.74) is 0.674. The number of carbonyl (C=O) groups excluding carboxylic acids is 1. The van der Waals surface area contributed by atoms with Crippen molar-refractivity contribution in [3.8, 4) is 0 Å². The normalized spacial score (nSPS) is 11.5. The van der Waals surface area contributed by atoms with Crippen LogP contribution in [0.25, 0.3) is 0 Å². The van der Waals surface area contributed by atoms with Gasteiger partial charge in [0.1, 0.15) is 0 Å². The largest absolute Gasteiger partial charge is 0.416 e. The average molecular weight is 409 g/mol. The summed E-state index contributed by atoms with van der Waals surface area (Å²) in [6.07, 6.45) is -2.93. The van der Waals surface area contributed by atoms with Gasteiger partial charge < -0.3 is 4.90 Å². The van der Waals surface area contributed by atoms with E-state index >= 15 is 0 Å². The smallest absolute Gasteiger partial charge is 0.336 e. The number of hydrogen-bond donors (Lipinski definition) is 0. The van der Waals surface area contributed by atoms with E-state index in [-0.39, 0.29) is 12.2 Å². The lowest BCUT2D eigenvalue weighted by Crippen LogP contribution is -2.26. The fraction of sp³-hybridized carbons (Fsp3) is 0.211. The van der Waals surface area contributed by atoms with Crippen LogP contribution in [0.4, 0.5) is 13.2 Å². The predicted octanol–water partition coefficient (Wildman–Crippen LogP) is 4.27. The maximum Gasteiger partial charge on any atom is 0.416 e. The minimum Gasteiger partial charge on any atom is -0.336 e. The van der Waals surface area contributed by atoms with Crippen LogP contribution < -0.4 is 0 Å². The first kappa shape index (κ1) is 19.9. The Bertz CT molecular complexity index is 970. The van der Waals surface area contributed by atoms with Gasteiger partial charge in [-0.2, -0.15) is 13.2 Å². The highest BCUT2D eigenvalue weighted by Gasteiger charge is 2.30. The molecule has 3 rings (SSSR count). The number of hydrogen-bond acceptors (Lipinski definition) is 3. The van der Waals surface area contributed by atoms with Gasteiger partial charge in [0, 0.05) is 18.6 Å². The second kappa shape index (κ2) is 8.02. The van der Waals surface area contributed by atoms with Crippen LogP contribution in [0.2, 0.25) is 5.02 Å². The summed E-state index contributed by atoms with van der Waals surface area (Å²) in [4.78, 5) is 13.8. The van der Waals surface area contributed by atoms with Crippen LogP contribution in [0, 0.1) is 0 Å². The van der Waals surface area contributed by atoms with Gasteiger partial charge >= 0.3 is 6.18 Å². The third kappa shape index (κ3) is 4.89. The molecule has 0 N–H and O–H groups in total. The van der Waals surface area contributed by atoms with Crippen LogP contribution in [0.15, 0.2) is 54.7 Å². The van der Waals surface area contributed by atoms with Crippen LogP contribution in [-0.4, -0.2) is 32.8 Å². The quantitative estimate of drug-likeness (QED) is 0.633. The van der Waals surface area contributed by atoms with Crippen molar-refractivity contribution < 1.29 is 18.0 Å². The van der Waals surface area contributed by atoms with Crippen molar-refractivity contribution in [1.82, 2.24) is 19.9 Å². The predicted molar refractivity (Wildman–Crippen MR) is 97.8 cm³/mol. The maximum atomic E-state index is 12.8. The summed E-state index contributed by atoms with van der Waals surface area (Å²) in [7, 11) is 1.50. The molecule has 0 aliphatic rings. The van der Waals surface area contributed by atoms with Crippen molar-refractivity contribution in [3.63, 3.8) is 0 Å². The molecule has 3 aromatic rings. The van der Waals surface area contributed by atoms with Crippen molar-refractivity contribution in [1.29, 1.82) is 0 Å². The minimum absolute atomic E-state index is 0.0206. The van der Waals surface area contributed by atoms with Gasteiger partial charge in [-0.05, 0) is 35.4 Å². The molecule has 146 valence electrons. The molecular formula is C19H16ClF3N4O. The third-order valence-corrected chi connectivity index (χ3v) is 4.29. The van der Waals surface area contributed by atoms with Crippen LogP contribution in [0.5, 0.6) is 0 Å². The molecule has 1 aromatic heterocycles. The Hall–Kier alpha value is -2.87. The van der Waals surface area contributed by atoms with E-state index in [2.05, 4.69) is 10.3 Å². The molecule has 0 unspecified atom stereocenters. The second-order valence-electron chi connectivity index (χ2n) is 6.29. The molecule has 9 heteroatoms. The van der Waals surface area contributed by atoms with Crippen molar-refractivity contribution in [2.24, 2.45) is 0 Å². The molecule has 1 amide bonds. The Morgan fingerprint density at radius 1 is 1.14 bits per heavy atom. The maximum absolute atomic E-state index is 12.8. The zero-order valence-electron chi connectivity index (χ0n) is 14.8. The molecule has 2 aromatic carbocycles. The Labute approximate surface area is 164 Å². The lowest BCUT2D eigenvalue weighted by atomic mass is 10.1. The molecule has 0 aliphatic heterocycles. The number of benzene rings is 2. The first-order valence-corrected chi connectivity index (χ1v) is 8.66. The molecule has 0 radical (unpaired) electrons. The highest BCUT2D eigenvalue weighted by molar-refractivity contribution is 6.30. The number of alkyl halides is 3. The summed E-state index contributed by atoms with van der Waals surface area (Å²) < 4.78 is 40.0. The molecule has 0 fully saturated rings. The SMILES string of the molecule is CN(Cc1cccc(C(F)(F)F)c1)C(=O)c1cn(Cc2ccc(Cl)cc2)nn1. The van der Waals surface area contributed by atoms with Crippen LogP contribution >= 0.6 is 11.6 Å². The zero-order valence-corrected chi connectivity index (χ0v) is 15.6. The van der Waals surface area contributed by atoms with Crippen LogP contribution in [0.1, 0.15) is 27.2 Å². The number of halogens is 4. The lowest BCUT2D eigenvalue weighted by molar-refractivity contribution is -0.137. The number of carbonyl (C=O) groups is 1. The van der Waals surface area contributed by atoms with Gasteiger partial charge in [-0.25, -0.2) is 4.68 Å². The molecule has 0 atom stereocenters. The van der Waals surface area contributed by atoms with E-state index in [4.69, 9.17) is 11.6 Å². The van der Waals surface area contributed by atoms with E-state index in [1.807, 2.05) is 12.1 Å². The van der Waals surface area contributed by atoms with Crippen molar-refractivity contribution >= 4 is 17.5 Å². The van der Waals surface area contributed by atoms with E-state index in [0.29, 0.717) is 17.1 Å². The summed E-state index contributed by atoms with van der Waals surface area (Å²) in [5.74, 6) is -0.431. The topological polar surface area (TPSA) is 51.0 Å². The molecule has 0 spiro atoms. The monoisotopic (exact) mass is 408 g/mol. The Balaban J connectivity index is 1.67. The summed E-state index contributed by atoms with van der Waals surface area (Å²) >= 11 is 5.85. The number of amides is 1. The Morgan fingerprint density at radius 2 is 1.86 bits per heavy atom. The number of rotatable bonds is 5. The summed E-state index contributed by atoms with van der Waals surface area (Å²) in [6.45, 7) is 0.432. The zero-order chi connectivity index (χ0) is 20.3. The van der Waals surface area contributed by atoms with Crippen molar-refractivity contribution in [2.45, 2.75) is 19.3 Å². The van der Waals surface area contributed by atoms with Crippen LogP contribution in [0.3, 0.4) is 0 Å². The highest BCUT2D eigenvalue weighted by Crippen LogP contribution is 2.29. The molecule has 0 aliphatic carbocycles. The van der Waals surface area contributed by atoms with E-state index in [1.54, 1.807) is 12.1 Å². The standard InChI is InChI=1S/C19H16ClF3N4O/c1-26(10-14-3-2-4-15(9-14)19(21,22)23)18(28)17-12-27(25-24-17)11-13-5-7-16(20)8-6-13/h2-9,12H,10-11H2,1H3. The fourth-order valence-electron chi connectivity index (χ4n) is 2.64. The van der Waals surface area contributed by atoms with Gasteiger partial charge in [0.05, 0.1) is 18.3 Å². The molecule has 0 saturated heterocycles. The Kier molecular flexibility index (Phi) is 5.69. The molecular weight excluding hydrogens is 393 g/mol. The first-order chi connectivity index (χ1) is 13.2. The molecule has 0 saturated carbocycles. The summed E-state index contributed by atoms with van der Waals surface area (Å²) in [6, 6.07) is 12.1. The van der Waals surface area contributed by atoms with Crippen molar-refractivity contribution in [2.75, 3.05) is 7.05 Å². The van der Waals surface area contributed by atoms with Gasteiger partial charge in [0.25, 0.3) is 5.91 Å². The molecule has 0 bridgehead atoms. The third-order valence-electron chi connectivity index (χ3n) is 4.04. The summed E-state index contributed by atoms with van der Waals surface area (Å²) in [5, 5.41) is 8.41. The van der Waals surface area contributed by atoms with E-state index in [9.17, 15) is 18.0 Å². The van der Waals surface area contributed by atoms with Gasteiger partial charge in [0.15, 0.2) is 5.69 Å². The highest BCUT2D eigenvalue weighted by atomic mass is 35.5. The average Bonchev–Trinajstić information content (AvgIpc) is 3.11. The number of nitrogens with zero attached hydrogens (tertiary/aromatic N) is 4. The Morgan fingerprint density at radius 3 is 2.54 bits per heavy atom.